The second kappa shape index (κ2) is 5.12. The van der Waals surface area contributed by atoms with Crippen LogP contribution in [-0.4, -0.2) is 31.3 Å². The zero-order chi connectivity index (χ0) is 12.3. The molecule has 0 aliphatic heterocycles. The number of halogens is 1. The second-order valence-electron chi connectivity index (χ2n) is 3.99. The van der Waals surface area contributed by atoms with Crippen molar-refractivity contribution in [1.29, 1.82) is 0 Å². The van der Waals surface area contributed by atoms with Gasteiger partial charge in [-0.2, -0.15) is 0 Å². The van der Waals surface area contributed by atoms with E-state index in [0.29, 0.717) is 6.54 Å². The quantitative estimate of drug-likeness (QED) is 0.780. The van der Waals surface area contributed by atoms with E-state index in [-0.39, 0.29) is 16.0 Å². The van der Waals surface area contributed by atoms with Gasteiger partial charge < -0.3 is 0 Å². The number of nitrogens with zero attached hydrogens (tertiary/aromatic N) is 2. The molecule has 1 aromatic heterocycles. The Balaban J connectivity index is 3.02. The number of aromatic nitrogens is 1. The highest BCUT2D eigenvalue weighted by Crippen LogP contribution is 2.17. The molecule has 4 nitrogen and oxygen atoms in total. The number of hydrogen-bond donors (Lipinski definition) is 0. The predicted octanol–water partition coefficient (Wildman–Crippen LogP) is 2.01. The maximum Gasteiger partial charge on any atom is 0.242 e. The van der Waals surface area contributed by atoms with Crippen molar-refractivity contribution in [3.05, 3.63) is 23.5 Å². The Morgan fingerprint density at radius 1 is 1.50 bits per heavy atom. The van der Waals surface area contributed by atoms with Gasteiger partial charge in [0.25, 0.3) is 0 Å². The van der Waals surface area contributed by atoms with Gasteiger partial charge in [-0.3, -0.25) is 0 Å². The molecule has 1 aromatic rings. The van der Waals surface area contributed by atoms with Crippen LogP contribution in [0.25, 0.3) is 0 Å². The Bertz CT molecular complexity index is 460. The van der Waals surface area contributed by atoms with Crippen LogP contribution in [0.4, 0.5) is 0 Å². The smallest absolute Gasteiger partial charge is 0.242 e. The molecule has 6 heteroatoms. The summed E-state index contributed by atoms with van der Waals surface area (Å²) in [6.07, 6.45) is 1.39. The topological polar surface area (TPSA) is 50.3 Å². The molecule has 0 saturated carbocycles. The van der Waals surface area contributed by atoms with Crippen LogP contribution < -0.4 is 0 Å². The highest BCUT2D eigenvalue weighted by atomic mass is 35.5. The van der Waals surface area contributed by atoms with Gasteiger partial charge >= 0.3 is 0 Å². The molecule has 0 amide bonds. The van der Waals surface area contributed by atoms with E-state index in [0.717, 1.165) is 0 Å². The van der Waals surface area contributed by atoms with Gasteiger partial charge in [-0.15, -0.1) is 0 Å². The van der Waals surface area contributed by atoms with E-state index in [9.17, 15) is 8.42 Å². The summed E-state index contributed by atoms with van der Waals surface area (Å²) >= 11 is 5.67. The lowest BCUT2D eigenvalue weighted by atomic mass is 10.2. The molecule has 1 heterocycles. The molecule has 0 unspecified atom stereocenters. The molecule has 0 radical (unpaired) electrons. The molecule has 0 atom stereocenters. The summed E-state index contributed by atoms with van der Waals surface area (Å²) in [5.41, 5.74) is 0. The summed E-state index contributed by atoms with van der Waals surface area (Å²) in [5, 5.41) is 0.180. The Kier molecular flexibility index (Phi) is 4.29. The van der Waals surface area contributed by atoms with Crippen molar-refractivity contribution < 1.29 is 8.42 Å². The Morgan fingerprint density at radius 3 is 2.62 bits per heavy atom. The molecule has 0 bridgehead atoms. The fraction of sp³-hybridized carbons (Fsp3) is 0.500. The van der Waals surface area contributed by atoms with Gasteiger partial charge in [-0.05, 0) is 18.1 Å². The minimum atomic E-state index is -3.45. The van der Waals surface area contributed by atoms with Gasteiger partial charge in [0.2, 0.25) is 10.0 Å². The van der Waals surface area contributed by atoms with Crippen LogP contribution >= 0.6 is 11.6 Å². The third-order valence-corrected chi connectivity index (χ3v) is 4.05. The first-order valence-electron chi connectivity index (χ1n) is 4.92. The highest BCUT2D eigenvalue weighted by molar-refractivity contribution is 7.89. The fourth-order valence-corrected chi connectivity index (χ4v) is 2.92. The second-order valence-corrected chi connectivity index (χ2v) is 6.43. The van der Waals surface area contributed by atoms with Crippen molar-refractivity contribution in [2.24, 2.45) is 5.92 Å². The van der Waals surface area contributed by atoms with Crippen LogP contribution in [0, 0.1) is 5.92 Å². The van der Waals surface area contributed by atoms with Gasteiger partial charge in [-0.1, -0.05) is 25.4 Å². The normalized spacial score (nSPS) is 12.4. The molecule has 0 aliphatic carbocycles. The van der Waals surface area contributed by atoms with Crippen molar-refractivity contribution in [3.8, 4) is 0 Å². The summed E-state index contributed by atoms with van der Waals surface area (Å²) in [5.74, 6) is 0.275. The number of hydrogen-bond acceptors (Lipinski definition) is 3. The summed E-state index contributed by atoms with van der Waals surface area (Å²) < 4.78 is 25.4. The molecule has 16 heavy (non-hydrogen) atoms. The van der Waals surface area contributed by atoms with Crippen LogP contribution in [0.1, 0.15) is 13.8 Å². The lowest BCUT2D eigenvalue weighted by Crippen LogP contribution is -2.30. The molecule has 0 aromatic carbocycles. The third-order valence-electron chi connectivity index (χ3n) is 2.03. The summed E-state index contributed by atoms with van der Waals surface area (Å²) in [6, 6.07) is 2.80. The van der Waals surface area contributed by atoms with Gasteiger partial charge in [0, 0.05) is 19.8 Å². The SMILES string of the molecule is CC(C)CN(C)S(=O)(=O)c1ccnc(Cl)c1. The molecule has 0 fully saturated rings. The number of rotatable bonds is 4. The lowest BCUT2D eigenvalue weighted by molar-refractivity contribution is 0.417. The van der Waals surface area contributed by atoms with Gasteiger partial charge in [-0.25, -0.2) is 17.7 Å². The molecular weight excluding hydrogens is 248 g/mol. The Hall–Kier alpha value is -0.650. The molecule has 90 valence electrons. The van der Waals surface area contributed by atoms with E-state index < -0.39 is 10.0 Å². The van der Waals surface area contributed by atoms with Crippen LogP contribution in [0.2, 0.25) is 5.15 Å². The summed E-state index contributed by atoms with van der Waals surface area (Å²) in [4.78, 5) is 3.93. The van der Waals surface area contributed by atoms with Crippen molar-refractivity contribution in [2.75, 3.05) is 13.6 Å². The van der Waals surface area contributed by atoms with Crippen molar-refractivity contribution in [3.63, 3.8) is 0 Å². The first-order valence-corrected chi connectivity index (χ1v) is 6.73. The Labute approximate surface area is 101 Å². The van der Waals surface area contributed by atoms with Gasteiger partial charge in [0.05, 0.1) is 4.90 Å². The first kappa shape index (κ1) is 13.4. The van der Waals surface area contributed by atoms with Gasteiger partial charge in [0.1, 0.15) is 5.15 Å². The third kappa shape index (κ3) is 3.17. The van der Waals surface area contributed by atoms with E-state index in [2.05, 4.69) is 4.98 Å². The average Bonchev–Trinajstić information content (AvgIpc) is 2.16. The fourth-order valence-electron chi connectivity index (χ4n) is 1.34. The van der Waals surface area contributed by atoms with E-state index in [1.165, 1.54) is 22.6 Å². The highest BCUT2D eigenvalue weighted by Gasteiger charge is 2.21. The molecule has 1 rings (SSSR count). The van der Waals surface area contributed by atoms with Crippen molar-refractivity contribution >= 4 is 21.6 Å². The summed E-state index contributed by atoms with van der Waals surface area (Å²) in [6.45, 7) is 4.40. The lowest BCUT2D eigenvalue weighted by Gasteiger charge is -2.19. The maximum absolute atomic E-state index is 12.1. The molecule has 0 spiro atoms. The molecule has 0 saturated heterocycles. The molecule has 0 aliphatic rings. The van der Waals surface area contributed by atoms with Crippen LogP contribution in [0.3, 0.4) is 0 Å². The van der Waals surface area contributed by atoms with Crippen LogP contribution in [-0.2, 0) is 10.0 Å². The minimum Gasteiger partial charge on any atom is -0.244 e. The van der Waals surface area contributed by atoms with Crippen molar-refractivity contribution in [2.45, 2.75) is 18.7 Å². The van der Waals surface area contributed by atoms with Crippen LogP contribution in [0.15, 0.2) is 23.2 Å². The average molecular weight is 263 g/mol. The zero-order valence-electron chi connectivity index (χ0n) is 9.51. The first-order chi connectivity index (χ1) is 7.34. The number of pyridine rings is 1. The number of sulfonamides is 1. The zero-order valence-corrected chi connectivity index (χ0v) is 11.1. The Morgan fingerprint density at radius 2 is 2.12 bits per heavy atom. The maximum atomic E-state index is 12.1. The standard InChI is InChI=1S/C10H15ClN2O2S/c1-8(2)7-13(3)16(14,15)9-4-5-12-10(11)6-9/h4-6,8H,7H2,1-3H3. The van der Waals surface area contributed by atoms with E-state index in [1.807, 2.05) is 13.8 Å². The molecule has 0 N–H and O–H groups in total. The predicted molar refractivity (Wildman–Crippen MR) is 63.9 cm³/mol. The van der Waals surface area contributed by atoms with E-state index >= 15 is 0 Å². The van der Waals surface area contributed by atoms with E-state index in [1.54, 1.807) is 7.05 Å². The largest absolute Gasteiger partial charge is 0.244 e. The minimum absolute atomic E-state index is 0.177. The van der Waals surface area contributed by atoms with E-state index in [4.69, 9.17) is 11.6 Å². The monoisotopic (exact) mass is 262 g/mol. The summed E-state index contributed by atoms with van der Waals surface area (Å²) in [7, 11) is -1.89. The van der Waals surface area contributed by atoms with Crippen LogP contribution in [0.5, 0.6) is 0 Å². The molecular formula is C10H15ClN2O2S. The van der Waals surface area contributed by atoms with Gasteiger partial charge in [0.15, 0.2) is 0 Å². The van der Waals surface area contributed by atoms with Crippen molar-refractivity contribution in [1.82, 2.24) is 9.29 Å².